The number of hydrogen-bond acceptors (Lipinski definition) is 4. The largest absolute Gasteiger partial charge is 0.477 e. The summed E-state index contributed by atoms with van der Waals surface area (Å²) in [5.74, 6) is -2.36. The number of hydrogen-bond donors (Lipinski definition) is 2. The summed E-state index contributed by atoms with van der Waals surface area (Å²) in [7, 11) is -4.26. The minimum Gasteiger partial charge on any atom is -0.477 e. The number of benzene rings is 1. The van der Waals surface area contributed by atoms with Gasteiger partial charge in [-0.2, -0.15) is 0 Å². The molecule has 0 fully saturated rings. The zero-order chi connectivity index (χ0) is 14.9. The van der Waals surface area contributed by atoms with E-state index in [1.165, 1.54) is 23.6 Å². The maximum Gasteiger partial charge on any atom is 0.348 e. The van der Waals surface area contributed by atoms with E-state index in [0.29, 0.717) is 0 Å². The third-order valence-electron chi connectivity index (χ3n) is 2.31. The van der Waals surface area contributed by atoms with Crippen molar-refractivity contribution in [2.24, 2.45) is 0 Å². The number of nitrogens with one attached hydrogen (secondary N) is 1. The third kappa shape index (κ3) is 2.77. The highest BCUT2D eigenvalue weighted by atomic mass is 35.5. The van der Waals surface area contributed by atoms with Gasteiger partial charge in [-0.25, -0.2) is 17.6 Å². The van der Waals surface area contributed by atoms with Crippen molar-refractivity contribution >= 4 is 44.6 Å². The molecule has 5 nitrogen and oxygen atoms in total. The summed E-state index contributed by atoms with van der Waals surface area (Å²) in [6.07, 6.45) is 0. The number of rotatable bonds is 4. The van der Waals surface area contributed by atoms with Crippen LogP contribution in [0.25, 0.3) is 0 Å². The van der Waals surface area contributed by atoms with Crippen LogP contribution in [0, 0.1) is 5.82 Å². The first-order valence-corrected chi connectivity index (χ1v) is 7.84. The number of anilines is 1. The van der Waals surface area contributed by atoms with E-state index in [-0.39, 0.29) is 15.6 Å². The second kappa shape index (κ2) is 5.39. The van der Waals surface area contributed by atoms with Gasteiger partial charge in [0.05, 0.1) is 10.7 Å². The fourth-order valence-corrected chi connectivity index (χ4v) is 3.60. The van der Waals surface area contributed by atoms with Gasteiger partial charge < -0.3 is 5.11 Å². The van der Waals surface area contributed by atoms with Crippen LogP contribution < -0.4 is 4.72 Å². The maximum absolute atomic E-state index is 13.7. The molecule has 0 amide bonds. The molecule has 0 bridgehead atoms. The lowest BCUT2D eigenvalue weighted by molar-refractivity contribution is 0.0703. The molecule has 2 aromatic rings. The number of carboxylic acid groups (broad SMARTS) is 1. The Morgan fingerprint density at radius 1 is 1.35 bits per heavy atom. The highest BCUT2D eigenvalue weighted by Gasteiger charge is 2.23. The van der Waals surface area contributed by atoms with E-state index in [1.807, 2.05) is 4.72 Å². The van der Waals surface area contributed by atoms with Crippen LogP contribution in [0.3, 0.4) is 0 Å². The molecule has 0 radical (unpaired) electrons. The van der Waals surface area contributed by atoms with Crippen molar-refractivity contribution in [1.29, 1.82) is 0 Å². The molecule has 0 saturated carbocycles. The van der Waals surface area contributed by atoms with E-state index in [2.05, 4.69) is 0 Å². The Kier molecular flexibility index (Phi) is 3.98. The fraction of sp³-hybridized carbons (Fsp3) is 0. The summed E-state index contributed by atoms with van der Waals surface area (Å²) in [5, 5.41) is 9.98. The van der Waals surface area contributed by atoms with Gasteiger partial charge in [-0.05, 0) is 23.6 Å². The molecule has 0 atom stereocenters. The minimum absolute atomic E-state index is 0.123. The zero-order valence-corrected chi connectivity index (χ0v) is 12.0. The van der Waals surface area contributed by atoms with Crippen LogP contribution in [0.5, 0.6) is 0 Å². The van der Waals surface area contributed by atoms with Crippen molar-refractivity contribution < 1.29 is 22.7 Å². The lowest BCUT2D eigenvalue weighted by Crippen LogP contribution is -2.16. The number of halogens is 2. The molecule has 20 heavy (non-hydrogen) atoms. The van der Waals surface area contributed by atoms with Crippen LogP contribution in [0.2, 0.25) is 5.02 Å². The molecule has 0 aliphatic carbocycles. The lowest BCUT2D eigenvalue weighted by atomic mass is 10.3. The molecule has 1 heterocycles. The van der Waals surface area contributed by atoms with Crippen molar-refractivity contribution in [2.45, 2.75) is 4.90 Å². The van der Waals surface area contributed by atoms with Crippen molar-refractivity contribution in [1.82, 2.24) is 0 Å². The average molecular weight is 336 g/mol. The van der Waals surface area contributed by atoms with Gasteiger partial charge in [0.25, 0.3) is 10.0 Å². The Balaban J connectivity index is 2.44. The van der Waals surface area contributed by atoms with Gasteiger partial charge in [-0.15, -0.1) is 11.3 Å². The predicted molar refractivity (Wildman–Crippen MR) is 73.5 cm³/mol. The van der Waals surface area contributed by atoms with Crippen molar-refractivity contribution in [3.8, 4) is 0 Å². The number of thiophene rings is 1. The second-order valence-electron chi connectivity index (χ2n) is 3.63. The smallest absolute Gasteiger partial charge is 0.348 e. The van der Waals surface area contributed by atoms with Crippen molar-refractivity contribution in [3.05, 3.63) is 45.4 Å². The number of sulfonamides is 1. The zero-order valence-electron chi connectivity index (χ0n) is 9.63. The molecule has 106 valence electrons. The van der Waals surface area contributed by atoms with Gasteiger partial charge in [0.15, 0.2) is 5.82 Å². The molecule has 2 N–H and O–H groups in total. The molecule has 2 rings (SSSR count). The standard InChI is InChI=1S/C11H7ClFNO4S2/c12-6-2-1-3-8(9(6)13)20(17,18)14-7-4-5-19-10(7)11(15)16/h1-5,14H,(H,15,16). The molecule has 0 aliphatic rings. The average Bonchev–Trinajstić information content (AvgIpc) is 2.79. The summed E-state index contributed by atoms with van der Waals surface area (Å²) in [4.78, 5) is 10.1. The molecular weight excluding hydrogens is 329 g/mol. The molecule has 0 spiro atoms. The van der Waals surface area contributed by atoms with E-state index in [1.54, 1.807) is 0 Å². The Bertz CT molecular complexity index is 772. The lowest BCUT2D eigenvalue weighted by Gasteiger charge is -2.09. The van der Waals surface area contributed by atoms with Gasteiger partial charge in [-0.1, -0.05) is 17.7 Å². The van der Waals surface area contributed by atoms with Gasteiger partial charge in [0, 0.05) is 0 Å². The molecule has 0 unspecified atom stereocenters. The summed E-state index contributed by atoms with van der Waals surface area (Å²) in [5.41, 5.74) is -0.123. The van der Waals surface area contributed by atoms with Crippen LogP contribution in [0.1, 0.15) is 9.67 Å². The number of carboxylic acids is 1. The molecule has 0 saturated heterocycles. The quantitative estimate of drug-likeness (QED) is 0.899. The fourth-order valence-electron chi connectivity index (χ4n) is 1.45. The van der Waals surface area contributed by atoms with Crippen LogP contribution in [-0.2, 0) is 10.0 Å². The molecule has 1 aromatic heterocycles. The second-order valence-corrected chi connectivity index (χ2v) is 6.60. The van der Waals surface area contributed by atoms with E-state index in [0.717, 1.165) is 17.4 Å². The Labute approximate surface area is 122 Å². The first kappa shape index (κ1) is 14.8. The van der Waals surface area contributed by atoms with Gasteiger partial charge in [0.1, 0.15) is 9.77 Å². The van der Waals surface area contributed by atoms with E-state index in [4.69, 9.17) is 16.7 Å². The Morgan fingerprint density at radius 3 is 2.70 bits per heavy atom. The van der Waals surface area contributed by atoms with E-state index >= 15 is 0 Å². The minimum atomic E-state index is -4.26. The monoisotopic (exact) mass is 335 g/mol. The van der Waals surface area contributed by atoms with Crippen LogP contribution in [-0.4, -0.2) is 19.5 Å². The van der Waals surface area contributed by atoms with E-state index in [9.17, 15) is 17.6 Å². The Hall–Kier alpha value is -1.64. The van der Waals surface area contributed by atoms with Gasteiger partial charge >= 0.3 is 5.97 Å². The van der Waals surface area contributed by atoms with Gasteiger partial charge in [-0.3, -0.25) is 4.72 Å². The topological polar surface area (TPSA) is 83.5 Å². The first-order chi connectivity index (χ1) is 9.33. The summed E-state index contributed by atoms with van der Waals surface area (Å²) >= 11 is 6.38. The normalized spacial score (nSPS) is 11.3. The highest BCUT2D eigenvalue weighted by molar-refractivity contribution is 7.92. The van der Waals surface area contributed by atoms with Gasteiger partial charge in [0.2, 0.25) is 0 Å². The summed E-state index contributed by atoms with van der Waals surface area (Å²) < 4.78 is 39.9. The van der Waals surface area contributed by atoms with Crippen LogP contribution in [0.4, 0.5) is 10.1 Å². The number of carbonyl (C=O) groups is 1. The van der Waals surface area contributed by atoms with Crippen molar-refractivity contribution in [3.63, 3.8) is 0 Å². The molecule has 0 aliphatic heterocycles. The predicted octanol–water partition coefficient (Wildman–Crippen LogP) is 3.04. The molecule has 1 aromatic carbocycles. The Morgan fingerprint density at radius 2 is 2.05 bits per heavy atom. The maximum atomic E-state index is 13.7. The summed E-state index contributed by atoms with van der Waals surface area (Å²) in [6, 6.07) is 4.82. The van der Waals surface area contributed by atoms with Crippen LogP contribution in [0.15, 0.2) is 34.5 Å². The summed E-state index contributed by atoms with van der Waals surface area (Å²) in [6.45, 7) is 0. The highest BCUT2D eigenvalue weighted by Crippen LogP contribution is 2.27. The van der Waals surface area contributed by atoms with Crippen molar-refractivity contribution in [2.75, 3.05) is 4.72 Å². The SMILES string of the molecule is O=C(O)c1sccc1NS(=O)(=O)c1cccc(Cl)c1F. The molecule has 9 heteroatoms. The molecular formula is C11H7ClFNO4S2. The van der Waals surface area contributed by atoms with Crippen LogP contribution >= 0.6 is 22.9 Å². The first-order valence-electron chi connectivity index (χ1n) is 5.10. The third-order valence-corrected chi connectivity index (χ3v) is 4.89. The van der Waals surface area contributed by atoms with E-state index < -0.39 is 26.7 Å². The number of aromatic carboxylic acids is 1.